The summed E-state index contributed by atoms with van der Waals surface area (Å²) in [4.78, 5) is 24.9. The average molecular weight is 729 g/mol. The van der Waals surface area contributed by atoms with Gasteiger partial charge in [-0.1, -0.05) is 6.07 Å². The summed E-state index contributed by atoms with van der Waals surface area (Å²) in [6, 6.07) is 18.3. The number of benzene rings is 3. The lowest BCUT2D eigenvalue weighted by Gasteiger charge is -2.21. The first-order valence-corrected chi connectivity index (χ1v) is 18.1. The minimum Gasteiger partial charge on any atom is -0.455 e. The zero-order valence-electron chi connectivity index (χ0n) is 28.1. The van der Waals surface area contributed by atoms with Crippen molar-refractivity contribution in [1.82, 2.24) is 24.6 Å². The number of alkyl halides is 1. The van der Waals surface area contributed by atoms with Gasteiger partial charge in [-0.3, -0.25) is 18.4 Å². The molecule has 0 radical (unpaired) electrons. The van der Waals surface area contributed by atoms with E-state index in [1.165, 1.54) is 50.5 Å². The lowest BCUT2D eigenvalue weighted by molar-refractivity contribution is -0.0762. The number of nitrogens with zero attached hydrogens (tertiary/aromatic N) is 5. The van der Waals surface area contributed by atoms with E-state index in [2.05, 4.69) is 5.32 Å². The highest BCUT2D eigenvalue weighted by molar-refractivity contribution is 7.92. The van der Waals surface area contributed by atoms with Crippen LogP contribution in [0.15, 0.2) is 77.2 Å². The lowest BCUT2D eigenvalue weighted by atomic mass is 10.0. The van der Waals surface area contributed by atoms with Crippen LogP contribution < -0.4 is 9.62 Å². The lowest BCUT2D eigenvalue weighted by Crippen LogP contribution is -2.29. The molecule has 8 rings (SSSR count). The van der Waals surface area contributed by atoms with E-state index < -0.39 is 33.4 Å². The number of carbonyl (C=O) groups excluding carboxylic acids is 1. The summed E-state index contributed by atoms with van der Waals surface area (Å²) in [7, 11) is -0.977. The molecule has 0 bridgehead atoms. The molecule has 1 saturated heterocycles. The zero-order chi connectivity index (χ0) is 36.7. The number of aliphatic hydroxyl groups is 1. The fraction of sp³-hybridized carbons (Fsp3) is 0.216. The number of nitrogens with one attached hydrogen (secondary N) is 1. The predicted octanol–water partition coefficient (Wildman–Crippen LogP) is 6.01. The van der Waals surface area contributed by atoms with Crippen molar-refractivity contribution in [3.63, 3.8) is 0 Å². The molecule has 7 aromatic rings. The molecule has 4 aromatic heterocycles. The van der Waals surface area contributed by atoms with Gasteiger partial charge in [-0.25, -0.2) is 31.6 Å². The van der Waals surface area contributed by atoms with Gasteiger partial charge >= 0.3 is 0 Å². The molecule has 5 heterocycles. The Morgan fingerprint density at radius 3 is 2.50 bits per heavy atom. The summed E-state index contributed by atoms with van der Waals surface area (Å²) in [5.41, 5.74) is 3.48. The van der Waals surface area contributed by atoms with Crippen molar-refractivity contribution in [2.75, 3.05) is 37.7 Å². The van der Waals surface area contributed by atoms with Crippen LogP contribution >= 0.6 is 0 Å². The molecule has 0 saturated carbocycles. The third-order valence-electron chi connectivity index (χ3n) is 9.54. The Morgan fingerprint density at radius 1 is 1.04 bits per heavy atom. The van der Waals surface area contributed by atoms with E-state index in [0.717, 1.165) is 10.6 Å². The van der Waals surface area contributed by atoms with Gasteiger partial charge in [-0.2, -0.15) is 0 Å². The first kappa shape index (κ1) is 33.6. The highest BCUT2D eigenvalue weighted by atomic mass is 32.2. The van der Waals surface area contributed by atoms with Crippen LogP contribution in [0.4, 0.5) is 18.9 Å². The molecule has 11 nitrogen and oxygen atoms in total. The fourth-order valence-electron chi connectivity index (χ4n) is 6.92. The molecule has 3 aromatic carbocycles. The number of furan rings is 1. The highest BCUT2D eigenvalue weighted by Crippen LogP contribution is 2.42. The average Bonchev–Trinajstić information content (AvgIpc) is 3.80. The molecule has 0 unspecified atom stereocenters. The van der Waals surface area contributed by atoms with E-state index in [0.29, 0.717) is 62.0 Å². The number of aromatic nitrogens is 3. The number of hydrogen-bond donors (Lipinski definition) is 2. The molecule has 0 spiro atoms. The van der Waals surface area contributed by atoms with Crippen LogP contribution in [0.2, 0.25) is 0 Å². The summed E-state index contributed by atoms with van der Waals surface area (Å²) in [5.74, 6) is -3.09. The van der Waals surface area contributed by atoms with Gasteiger partial charge < -0.3 is 14.8 Å². The van der Waals surface area contributed by atoms with Crippen LogP contribution in [0.3, 0.4) is 0 Å². The smallest absolute Gasteiger partial charge is 0.255 e. The number of rotatable bonds is 7. The summed E-state index contributed by atoms with van der Waals surface area (Å²) >= 11 is 0. The number of halogens is 3. The summed E-state index contributed by atoms with van der Waals surface area (Å²) in [5, 5.41) is 13.3. The van der Waals surface area contributed by atoms with Crippen LogP contribution in [0.5, 0.6) is 0 Å². The summed E-state index contributed by atoms with van der Waals surface area (Å²) in [6.45, 7) is 0.264. The third kappa shape index (κ3) is 5.61. The van der Waals surface area contributed by atoms with Crippen molar-refractivity contribution >= 4 is 60.0 Å². The number of carbonyl (C=O) groups is 1. The van der Waals surface area contributed by atoms with Crippen molar-refractivity contribution in [3.05, 3.63) is 95.8 Å². The standard InChI is InChI=1S/C37H31F3N6O5S/c1-41-36(47)33-24-15-23(29(44(2)52(3,49)50)17-31(24)51-35(33)20-7-9-21(38)10-8-20)26-11-12-27-34(43-26)30-16-22-25(39)5-4-6-28(22)46(30)32(42-27)18-45-14-13-37(40,48)19-45/h4-12,15-17,48H,13-14,18-19H2,1-3H3,(H,41,47)/t37-/m1/s1. The highest BCUT2D eigenvalue weighted by Gasteiger charge is 2.36. The zero-order valence-corrected chi connectivity index (χ0v) is 28.9. The van der Waals surface area contributed by atoms with Crippen LogP contribution in [0.25, 0.3) is 61.0 Å². The van der Waals surface area contributed by atoms with E-state index in [1.807, 2.05) is 0 Å². The fourth-order valence-corrected chi connectivity index (χ4v) is 7.43. The van der Waals surface area contributed by atoms with Gasteiger partial charge in [-0.05, 0) is 60.7 Å². The molecule has 266 valence electrons. The van der Waals surface area contributed by atoms with Gasteiger partial charge in [0.1, 0.15) is 34.3 Å². The molecule has 1 aliphatic heterocycles. The topological polar surface area (TPSA) is 133 Å². The van der Waals surface area contributed by atoms with Crippen molar-refractivity contribution in [2.24, 2.45) is 0 Å². The number of amides is 1. The van der Waals surface area contributed by atoms with Crippen molar-refractivity contribution in [1.29, 1.82) is 0 Å². The molecule has 52 heavy (non-hydrogen) atoms. The van der Waals surface area contributed by atoms with Crippen molar-refractivity contribution < 1.29 is 35.9 Å². The monoisotopic (exact) mass is 728 g/mol. The van der Waals surface area contributed by atoms with E-state index >= 15 is 4.39 Å². The van der Waals surface area contributed by atoms with Crippen LogP contribution in [-0.2, 0) is 16.6 Å². The molecule has 1 amide bonds. The Morgan fingerprint density at radius 2 is 1.81 bits per heavy atom. The minimum absolute atomic E-state index is 0.0476. The molecule has 1 aliphatic rings. The Balaban J connectivity index is 1.39. The second-order valence-electron chi connectivity index (χ2n) is 13.0. The molecule has 2 N–H and O–H groups in total. The number of anilines is 1. The Labute approximate surface area is 295 Å². The van der Waals surface area contributed by atoms with Gasteiger partial charge in [0, 0.05) is 55.0 Å². The van der Waals surface area contributed by atoms with Crippen LogP contribution in [0.1, 0.15) is 22.6 Å². The Bertz CT molecular complexity index is 2710. The van der Waals surface area contributed by atoms with Crippen molar-refractivity contribution in [2.45, 2.75) is 18.8 Å². The Kier molecular flexibility index (Phi) is 7.78. The molecular weight excluding hydrogens is 698 g/mol. The van der Waals surface area contributed by atoms with Crippen molar-refractivity contribution in [3.8, 4) is 22.6 Å². The second kappa shape index (κ2) is 12.0. The number of β-amino-alcohol motifs (C(OH)–C–C–N with tert-alkyl or cyclic N) is 1. The maximum absolute atomic E-state index is 15.2. The maximum Gasteiger partial charge on any atom is 0.255 e. The predicted molar refractivity (Wildman–Crippen MR) is 191 cm³/mol. The van der Waals surface area contributed by atoms with Crippen LogP contribution in [0, 0.1) is 11.6 Å². The SMILES string of the molecule is CNC(=O)c1c(-c2ccc(F)cc2)oc2cc(N(C)S(C)(=O)=O)c(-c3ccc4nc(CN5CC[C@](O)(F)C5)n5c6cccc(F)c6cc5c4n3)cc12. The van der Waals surface area contributed by atoms with E-state index in [-0.39, 0.29) is 42.1 Å². The number of likely N-dealkylation sites (tertiary alicyclic amines) is 1. The van der Waals surface area contributed by atoms with E-state index in [4.69, 9.17) is 14.4 Å². The number of hydrogen-bond acceptors (Lipinski definition) is 8. The summed E-state index contributed by atoms with van der Waals surface area (Å²) < 4.78 is 78.3. The first-order chi connectivity index (χ1) is 24.7. The van der Waals surface area contributed by atoms with Gasteiger partial charge in [0.15, 0.2) is 0 Å². The summed E-state index contributed by atoms with van der Waals surface area (Å²) in [6.07, 6.45) is 1.00. The Hall–Kier alpha value is -5.51. The molecule has 1 fully saturated rings. The normalized spacial score (nSPS) is 16.8. The molecule has 1 atom stereocenters. The second-order valence-corrected chi connectivity index (χ2v) is 15.0. The van der Waals surface area contributed by atoms with Crippen LogP contribution in [-0.4, -0.2) is 78.0 Å². The minimum atomic E-state index is -3.83. The molecule has 0 aliphatic carbocycles. The van der Waals surface area contributed by atoms with E-state index in [1.54, 1.807) is 45.7 Å². The number of sulfonamides is 1. The van der Waals surface area contributed by atoms with Gasteiger partial charge in [0.25, 0.3) is 5.91 Å². The quantitative estimate of drug-likeness (QED) is 0.204. The molecular formula is C37H31F3N6O5S. The molecule has 15 heteroatoms. The third-order valence-corrected chi connectivity index (χ3v) is 10.7. The number of fused-ring (bicyclic) bond motifs is 6. The maximum atomic E-state index is 15.2. The van der Waals surface area contributed by atoms with Gasteiger partial charge in [0.2, 0.25) is 15.9 Å². The van der Waals surface area contributed by atoms with E-state index in [9.17, 15) is 27.1 Å². The van der Waals surface area contributed by atoms with Gasteiger partial charge in [0.05, 0.1) is 52.8 Å². The largest absolute Gasteiger partial charge is 0.455 e. The number of pyridine rings is 1. The van der Waals surface area contributed by atoms with Gasteiger partial charge in [-0.15, -0.1) is 0 Å². The first-order valence-electron chi connectivity index (χ1n) is 16.3.